The molecule has 1 atom stereocenters. The van der Waals surface area contributed by atoms with Gasteiger partial charge in [-0.25, -0.2) is 0 Å². The van der Waals surface area contributed by atoms with Gasteiger partial charge in [0.25, 0.3) is 0 Å². The quantitative estimate of drug-likeness (QED) is 0.282. The van der Waals surface area contributed by atoms with Crippen LogP contribution in [0, 0.1) is 5.41 Å². The second-order valence-corrected chi connectivity index (χ2v) is 7.24. The molecule has 27 heavy (non-hydrogen) atoms. The van der Waals surface area contributed by atoms with Gasteiger partial charge in [0.2, 0.25) is 0 Å². The molecule has 0 aromatic heterocycles. The monoisotopic (exact) mass is 491 g/mol. The number of hydrogen-bond donors (Lipinski definition) is 3. The Morgan fingerprint density at radius 1 is 1.33 bits per heavy atom. The molecule has 0 aliphatic carbocycles. The van der Waals surface area contributed by atoms with Gasteiger partial charge in [-0.3, -0.25) is 4.99 Å². The Morgan fingerprint density at radius 3 is 2.74 bits per heavy atom. The first-order valence-electron chi connectivity index (χ1n) is 9.39. The Balaban J connectivity index is 0.00000364. The van der Waals surface area contributed by atoms with Gasteiger partial charge in [0.1, 0.15) is 0 Å². The van der Waals surface area contributed by atoms with Crippen LogP contribution in [0.5, 0.6) is 0 Å². The third kappa shape index (κ3) is 8.33. The lowest BCUT2D eigenvalue weighted by molar-refractivity contribution is 0.0657. The van der Waals surface area contributed by atoms with E-state index in [9.17, 15) is 5.11 Å². The van der Waals surface area contributed by atoms with Gasteiger partial charge in [-0.1, -0.05) is 24.3 Å². The van der Waals surface area contributed by atoms with Gasteiger partial charge in [0.15, 0.2) is 5.96 Å². The molecule has 1 fully saturated rings. The molecule has 1 aromatic carbocycles. The van der Waals surface area contributed by atoms with E-state index in [4.69, 9.17) is 9.47 Å². The Hall–Kier alpha value is -0.900. The van der Waals surface area contributed by atoms with Crippen LogP contribution in [0.25, 0.3) is 0 Å². The van der Waals surface area contributed by atoms with Gasteiger partial charge >= 0.3 is 0 Å². The zero-order valence-electron chi connectivity index (χ0n) is 16.7. The van der Waals surface area contributed by atoms with Crippen molar-refractivity contribution in [2.24, 2.45) is 10.4 Å². The van der Waals surface area contributed by atoms with Crippen LogP contribution in [0.1, 0.15) is 37.8 Å². The molecule has 3 N–H and O–H groups in total. The standard InChI is InChI=1S/C20H33N3O3.HI/c1-16(2)26-13-18-6-4-5-17(11-18)12-22-19(21-3)23-14-20(7-9-24)8-10-25-15-20;/h4-6,11,16,24H,7-10,12-15H2,1-3H3,(H2,21,22,23);1H. The summed E-state index contributed by atoms with van der Waals surface area (Å²) in [4.78, 5) is 4.30. The highest BCUT2D eigenvalue weighted by Gasteiger charge is 2.34. The molecule has 6 nitrogen and oxygen atoms in total. The van der Waals surface area contributed by atoms with Crippen molar-refractivity contribution in [2.45, 2.75) is 45.9 Å². The highest BCUT2D eigenvalue weighted by atomic mass is 127. The number of aliphatic imine (C=N–C) groups is 1. The van der Waals surface area contributed by atoms with Gasteiger partial charge in [-0.15, -0.1) is 24.0 Å². The average Bonchev–Trinajstić information content (AvgIpc) is 3.09. The van der Waals surface area contributed by atoms with Crippen molar-refractivity contribution in [2.75, 3.05) is 33.4 Å². The van der Waals surface area contributed by atoms with E-state index in [1.165, 1.54) is 11.1 Å². The second-order valence-electron chi connectivity index (χ2n) is 7.24. The normalized spacial score (nSPS) is 19.8. The van der Waals surface area contributed by atoms with Crippen molar-refractivity contribution in [1.82, 2.24) is 10.6 Å². The average molecular weight is 491 g/mol. The molecule has 0 amide bonds. The second kappa shape index (κ2) is 12.5. The number of halogens is 1. The van der Waals surface area contributed by atoms with Crippen LogP contribution in [0.2, 0.25) is 0 Å². The molecule has 1 aromatic rings. The lowest BCUT2D eigenvalue weighted by Gasteiger charge is -2.27. The van der Waals surface area contributed by atoms with Crippen LogP contribution < -0.4 is 10.6 Å². The minimum Gasteiger partial charge on any atom is -0.396 e. The molecule has 0 saturated carbocycles. The Morgan fingerprint density at radius 2 is 2.11 bits per heavy atom. The number of nitrogens with one attached hydrogen (secondary N) is 2. The van der Waals surface area contributed by atoms with Gasteiger partial charge in [0, 0.05) is 38.8 Å². The molecule has 1 unspecified atom stereocenters. The number of ether oxygens (including phenoxy) is 2. The number of guanidine groups is 1. The van der Waals surface area contributed by atoms with E-state index in [1.54, 1.807) is 7.05 Å². The topological polar surface area (TPSA) is 75.1 Å². The molecular formula is C20H34IN3O3. The van der Waals surface area contributed by atoms with E-state index in [1.807, 2.05) is 13.8 Å². The Kier molecular flexibility index (Phi) is 11.2. The van der Waals surface area contributed by atoms with Gasteiger partial charge in [-0.05, 0) is 37.8 Å². The van der Waals surface area contributed by atoms with Crippen LogP contribution >= 0.6 is 24.0 Å². The van der Waals surface area contributed by atoms with Gasteiger partial charge < -0.3 is 25.2 Å². The Bertz CT molecular complexity index is 575. The zero-order valence-corrected chi connectivity index (χ0v) is 19.0. The summed E-state index contributed by atoms with van der Waals surface area (Å²) in [7, 11) is 1.77. The number of hydrogen-bond acceptors (Lipinski definition) is 4. The minimum atomic E-state index is 0. The third-order valence-corrected chi connectivity index (χ3v) is 4.72. The molecule has 1 saturated heterocycles. The summed E-state index contributed by atoms with van der Waals surface area (Å²) in [6.45, 7) is 7.78. The van der Waals surface area contributed by atoms with Crippen LogP contribution in [0.3, 0.4) is 0 Å². The SMILES string of the molecule is CN=C(NCc1cccc(COC(C)C)c1)NCC1(CCO)CCOC1.I. The summed E-state index contributed by atoms with van der Waals surface area (Å²) < 4.78 is 11.2. The molecule has 7 heteroatoms. The van der Waals surface area contributed by atoms with Crippen molar-refractivity contribution in [1.29, 1.82) is 0 Å². The summed E-state index contributed by atoms with van der Waals surface area (Å²) in [6.07, 6.45) is 1.94. The number of nitrogens with zero attached hydrogens (tertiary/aromatic N) is 1. The minimum absolute atomic E-state index is 0. The van der Waals surface area contributed by atoms with Gasteiger partial charge in [0.05, 0.1) is 19.3 Å². The van der Waals surface area contributed by atoms with Crippen LogP contribution in [-0.4, -0.2) is 50.6 Å². The van der Waals surface area contributed by atoms with Crippen LogP contribution in [0.15, 0.2) is 29.3 Å². The number of aliphatic hydroxyl groups excluding tert-OH is 1. The highest BCUT2D eigenvalue weighted by Crippen LogP contribution is 2.31. The van der Waals surface area contributed by atoms with Crippen LogP contribution in [-0.2, 0) is 22.6 Å². The maximum atomic E-state index is 9.33. The van der Waals surface area contributed by atoms with E-state index < -0.39 is 0 Å². The maximum Gasteiger partial charge on any atom is 0.191 e. The smallest absolute Gasteiger partial charge is 0.191 e. The van der Waals surface area contributed by atoms with E-state index in [-0.39, 0.29) is 42.1 Å². The largest absolute Gasteiger partial charge is 0.396 e. The van der Waals surface area contributed by atoms with Crippen LogP contribution in [0.4, 0.5) is 0 Å². The fourth-order valence-electron chi connectivity index (χ4n) is 3.08. The summed E-state index contributed by atoms with van der Waals surface area (Å²) in [6, 6.07) is 8.38. The first-order chi connectivity index (χ1) is 12.6. The zero-order chi connectivity index (χ0) is 18.8. The van der Waals surface area contributed by atoms with Crippen molar-refractivity contribution < 1.29 is 14.6 Å². The van der Waals surface area contributed by atoms with Crippen molar-refractivity contribution in [3.05, 3.63) is 35.4 Å². The third-order valence-electron chi connectivity index (χ3n) is 4.72. The lowest BCUT2D eigenvalue weighted by Crippen LogP contribution is -2.44. The summed E-state index contributed by atoms with van der Waals surface area (Å²) in [5.74, 6) is 0.762. The van der Waals surface area contributed by atoms with Gasteiger partial charge in [-0.2, -0.15) is 0 Å². The maximum absolute atomic E-state index is 9.33. The molecule has 0 bridgehead atoms. The van der Waals surface area contributed by atoms with Crippen molar-refractivity contribution >= 4 is 29.9 Å². The molecule has 1 aliphatic rings. The molecular weight excluding hydrogens is 457 g/mol. The molecule has 0 radical (unpaired) electrons. The van der Waals surface area contributed by atoms with E-state index in [0.717, 1.165) is 32.0 Å². The molecule has 2 rings (SSSR count). The number of benzene rings is 1. The summed E-state index contributed by atoms with van der Waals surface area (Å²) in [5, 5.41) is 16.1. The number of rotatable bonds is 9. The lowest BCUT2D eigenvalue weighted by atomic mass is 9.84. The van der Waals surface area contributed by atoms with E-state index in [0.29, 0.717) is 19.8 Å². The van der Waals surface area contributed by atoms with E-state index in [2.05, 4.69) is 39.9 Å². The fourth-order valence-corrected chi connectivity index (χ4v) is 3.08. The molecule has 1 heterocycles. The molecule has 154 valence electrons. The summed E-state index contributed by atoms with van der Waals surface area (Å²) in [5.41, 5.74) is 2.36. The Labute approximate surface area is 180 Å². The fraction of sp³-hybridized carbons (Fsp3) is 0.650. The predicted octanol–water partition coefficient (Wildman–Crippen LogP) is 2.68. The predicted molar refractivity (Wildman–Crippen MR) is 120 cm³/mol. The van der Waals surface area contributed by atoms with Crippen molar-refractivity contribution in [3.8, 4) is 0 Å². The van der Waals surface area contributed by atoms with Crippen molar-refractivity contribution in [3.63, 3.8) is 0 Å². The molecule has 1 aliphatic heterocycles. The van der Waals surface area contributed by atoms with E-state index >= 15 is 0 Å². The molecule has 0 spiro atoms. The highest BCUT2D eigenvalue weighted by molar-refractivity contribution is 14.0. The summed E-state index contributed by atoms with van der Waals surface area (Å²) >= 11 is 0. The first-order valence-corrected chi connectivity index (χ1v) is 9.39. The first kappa shape index (κ1) is 24.1. The number of aliphatic hydroxyl groups is 1.